The van der Waals surface area contributed by atoms with Crippen molar-refractivity contribution in [2.45, 2.75) is 182 Å². The highest BCUT2D eigenvalue weighted by molar-refractivity contribution is 6.74. The van der Waals surface area contributed by atoms with Gasteiger partial charge in [-0.15, -0.1) is 0 Å². The van der Waals surface area contributed by atoms with Crippen LogP contribution in [0.15, 0.2) is 109 Å². The van der Waals surface area contributed by atoms with Gasteiger partial charge < -0.3 is 18.2 Å². The first kappa shape index (κ1) is 72.7. The predicted octanol–water partition coefficient (Wildman–Crippen LogP) is 17.4. The molecule has 22 heteroatoms. The van der Waals surface area contributed by atoms with E-state index in [4.69, 9.17) is 29.8 Å². The Bertz CT molecular complexity index is 3530. The van der Waals surface area contributed by atoms with E-state index >= 15 is 4.39 Å². The Kier molecular flexibility index (Phi) is 22.8. The summed E-state index contributed by atoms with van der Waals surface area (Å²) in [6.45, 7) is 35.4. The Morgan fingerprint density at radius 3 is 1.36 bits per heavy atom. The van der Waals surface area contributed by atoms with Gasteiger partial charge in [0.1, 0.15) is 17.4 Å². The van der Waals surface area contributed by atoms with Crippen LogP contribution in [0.5, 0.6) is 0 Å². The van der Waals surface area contributed by atoms with Crippen molar-refractivity contribution in [2.24, 2.45) is 0 Å². The molecule has 88 heavy (non-hydrogen) atoms. The van der Waals surface area contributed by atoms with Crippen molar-refractivity contribution in [3.8, 4) is 11.3 Å². The van der Waals surface area contributed by atoms with Crippen LogP contribution in [-0.2, 0) is 43.4 Å². The monoisotopic (exact) mass is 1280 g/mol. The average Bonchev–Trinajstić information content (AvgIpc) is 2.15. The van der Waals surface area contributed by atoms with Gasteiger partial charge in [0.2, 0.25) is 11.9 Å². The SMILES string of the molecule is C[C@H](O[Si](C)(C)C(C)(C)C)C(=O)c1ccc(Cl)nc1F.Cc1ccc(CC(=O)c2cccc(C(F)(F)F)c2)cc1-c1ccc(C(=O)[C@H](C)O[Si](C)(C)C(C)(C)C)c(F)n1.Cc1ccc(CC(=O)c2cccc(C(F)(F)F)c2)cc1B1OC(C)(C)C(C)(C)O1. The minimum absolute atomic E-state index is 0.00586. The second-order valence-electron chi connectivity index (χ2n) is 26.1. The molecule has 0 unspecified atom stereocenters. The molecule has 0 aliphatic carbocycles. The molecule has 0 amide bonds. The van der Waals surface area contributed by atoms with Crippen LogP contribution < -0.4 is 5.46 Å². The highest BCUT2D eigenvalue weighted by Crippen LogP contribution is 2.40. The number of aryl methyl sites for hydroxylation is 2. The molecule has 2 atom stereocenters. The third-order valence-electron chi connectivity index (χ3n) is 16.7. The van der Waals surface area contributed by atoms with Crippen LogP contribution in [0.1, 0.15) is 158 Å². The smallest absolute Gasteiger partial charge is 0.407 e. The molecule has 6 aromatic rings. The summed E-state index contributed by atoms with van der Waals surface area (Å²) < 4.78 is 131. The number of nitrogens with zero attached hydrogens (tertiary/aromatic N) is 2. The van der Waals surface area contributed by atoms with E-state index in [0.29, 0.717) is 16.7 Å². The molecule has 0 saturated carbocycles. The highest BCUT2D eigenvalue weighted by Gasteiger charge is 2.52. The van der Waals surface area contributed by atoms with Gasteiger partial charge in [0.05, 0.1) is 39.1 Å². The fraction of sp³-hybridized carbons (Fsp3) is 0.424. The summed E-state index contributed by atoms with van der Waals surface area (Å²) in [4.78, 5) is 58.1. The van der Waals surface area contributed by atoms with E-state index in [1.807, 2.05) is 72.9 Å². The summed E-state index contributed by atoms with van der Waals surface area (Å²) >= 11 is 5.58. The summed E-state index contributed by atoms with van der Waals surface area (Å²) in [5.74, 6) is -3.53. The second kappa shape index (κ2) is 27.6. The molecule has 0 N–H and O–H groups in total. The number of rotatable bonds is 16. The first-order valence-electron chi connectivity index (χ1n) is 28.5. The predicted molar refractivity (Wildman–Crippen MR) is 334 cm³/mol. The molecule has 1 fully saturated rings. The van der Waals surface area contributed by atoms with Crippen molar-refractivity contribution in [2.75, 3.05) is 0 Å². The van der Waals surface area contributed by atoms with Gasteiger partial charge in [-0.25, -0.2) is 9.97 Å². The lowest BCUT2D eigenvalue weighted by Gasteiger charge is -2.38. The van der Waals surface area contributed by atoms with E-state index in [-0.39, 0.29) is 61.8 Å². The molecule has 1 aliphatic rings. The molecule has 2 aromatic heterocycles. The van der Waals surface area contributed by atoms with Crippen molar-refractivity contribution in [3.05, 3.63) is 182 Å². The molecule has 0 radical (unpaired) electrons. The average molecular weight is 1280 g/mol. The Hall–Kier alpha value is -6.07. The Morgan fingerprint density at radius 2 is 0.966 bits per heavy atom. The molecule has 1 aliphatic heterocycles. The fourth-order valence-electron chi connectivity index (χ4n) is 8.54. The van der Waals surface area contributed by atoms with Crippen LogP contribution in [0, 0.1) is 25.7 Å². The number of halogens is 9. The molecule has 7 rings (SSSR count). The van der Waals surface area contributed by atoms with Gasteiger partial charge in [0, 0.05) is 29.5 Å². The minimum Gasteiger partial charge on any atom is -0.407 e. The van der Waals surface area contributed by atoms with E-state index in [9.17, 15) is 49.9 Å². The fourth-order valence-corrected chi connectivity index (χ4v) is 11.4. The number of carbonyl (C=O) groups is 4. The summed E-state index contributed by atoms with van der Waals surface area (Å²) in [5, 5.41) is -0.108. The van der Waals surface area contributed by atoms with E-state index in [0.717, 1.165) is 40.9 Å². The van der Waals surface area contributed by atoms with Crippen molar-refractivity contribution >= 4 is 63.9 Å². The summed E-state index contributed by atoms with van der Waals surface area (Å²) in [7, 11) is -4.90. The van der Waals surface area contributed by atoms with Crippen LogP contribution in [0.3, 0.4) is 0 Å². The topological polar surface area (TPSA) is 131 Å². The molecule has 1 saturated heterocycles. The standard InChI is InChI=1S/C30H33F4NO3Si.C22H24BF3O3.C14H21ClFNO2Si/c1-18-11-12-20(16-26(36)21-9-8-10-22(17-21)30(32,33)34)15-24(18)25-14-13-23(28(31)35-25)27(37)19(2)38-39(6,7)29(3,4)5;1-14-9-10-15(11-18(14)23-28-20(2,3)21(4,5)29-23)12-19(27)16-7-6-8-17(13-16)22(24,25)26;1-9(19-20(5,6)14(2,3)4)12(18)10-7-8-11(15)17-13(10)16/h8-15,17,19H,16H2,1-7H3;6-11,13H,12H2,1-5H3;7-9H,1-6H3/t19-;;9-/m0.0/s1. The maximum Gasteiger partial charge on any atom is 0.495 e. The molecule has 0 bridgehead atoms. The normalized spacial score (nSPS) is 15.1. The van der Waals surface area contributed by atoms with Gasteiger partial charge in [-0.3, -0.25) is 19.2 Å². The number of pyridine rings is 2. The van der Waals surface area contributed by atoms with Gasteiger partial charge in [-0.05, 0) is 168 Å². The lowest BCUT2D eigenvalue weighted by atomic mass is 9.75. The maximum absolute atomic E-state index is 15.1. The lowest BCUT2D eigenvalue weighted by molar-refractivity contribution is -0.138. The first-order valence-corrected chi connectivity index (χ1v) is 34.7. The van der Waals surface area contributed by atoms with E-state index in [1.165, 1.54) is 48.5 Å². The zero-order valence-corrected chi connectivity index (χ0v) is 55.9. The van der Waals surface area contributed by atoms with Gasteiger partial charge in [0.25, 0.3) is 0 Å². The Balaban J connectivity index is 0.000000254. The van der Waals surface area contributed by atoms with Crippen molar-refractivity contribution in [1.29, 1.82) is 0 Å². The summed E-state index contributed by atoms with van der Waals surface area (Å²) in [5.41, 5.74) is 1.62. The van der Waals surface area contributed by atoms with Crippen LogP contribution >= 0.6 is 11.6 Å². The maximum atomic E-state index is 15.1. The number of ketones is 4. The van der Waals surface area contributed by atoms with Crippen molar-refractivity contribution in [1.82, 2.24) is 9.97 Å². The summed E-state index contributed by atoms with van der Waals surface area (Å²) in [6.07, 6.45) is -10.7. The van der Waals surface area contributed by atoms with Crippen LogP contribution in [0.25, 0.3) is 11.3 Å². The molecule has 10 nitrogen and oxygen atoms in total. The largest absolute Gasteiger partial charge is 0.495 e. The third kappa shape index (κ3) is 18.3. The third-order valence-corrected chi connectivity index (χ3v) is 26.0. The van der Waals surface area contributed by atoms with E-state index < -0.39 is 99.9 Å². The molecule has 0 spiro atoms. The number of hydrogen-bond acceptors (Lipinski definition) is 10. The number of benzene rings is 4. The molecular weight excluding hydrogens is 1200 g/mol. The highest BCUT2D eigenvalue weighted by atomic mass is 35.5. The minimum atomic E-state index is -4.55. The zero-order chi connectivity index (χ0) is 66.7. The lowest BCUT2D eigenvalue weighted by Crippen LogP contribution is -2.45. The molecule has 474 valence electrons. The van der Waals surface area contributed by atoms with Crippen molar-refractivity contribution < 1.29 is 72.5 Å². The van der Waals surface area contributed by atoms with Gasteiger partial charge >= 0.3 is 19.5 Å². The Labute approximate surface area is 518 Å². The first-order chi connectivity index (χ1) is 40.2. The van der Waals surface area contributed by atoms with Crippen LogP contribution in [0.2, 0.25) is 41.4 Å². The number of aromatic nitrogens is 2. The second-order valence-corrected chi connectivity index (χ2v) is 36.0. The van der Waals surface area contributed by atoms with Crippen LogP contribution in [-0.4, -0.2) is 80.3 Å². The molecule has 3 heterocycles. The summed E-state index contributed by atoms with van der Waals surface area (Å²) in [6, 6.07) is 25.1. The molecular formula is C66H78BClF8N2O8Si2. The van der Waals surface area contributed by atoms with Crippen LogP contribution in [0.4, 0.5) is 35.1 Å². The van der Waals surface area contributed by atoms with E-state index in [1.54, 1.807) is 45.0 Å². The number of hydrogen-bond donors (Lipinski definition) is 0. The van der Waals surface area contributed by atoms with Crippen molar-refractivity contribution in [3.63, 3.8) is 0 Å². The zero-order valence-electron chi connectivity index (χ0n) is 53.1. The van der Waals surface area contributed by atoms with Gasteiger partial charge in [-0.2, -0.15) is 35.1 Å². The van der Waals surface area contributed by atoms with Gasteiger partial charge in [-0.1, -0.05) is 113 Å². The molecule has 4 aromatic carbocycles. The van der Waals surface area contributed by atoms with Gasteiger partial charge in [0.15, 0.2) is 39.8 Å². The quantitative estimate of drug-likeness (QED) is 0.0399. The Morgan fingerprint density at radius 1 is 0.568 bits per heavy atom. The number of alkyl halides is 6. The number of carbonyl (C=O) groups excluding carboxylic acids is 4. The number of Topliss-reactive ketones (excluding diaryl/α,β-unsaturated/α-hetero) is 4. The van der Waals surface area contributed by atoms with E-state index in [2.05, 4.69) is 51.5 Å².